The number of carbonyl (C=O) groups excluding carboxylic acids is 4. The van der Waals surface area contributed by atoms with Gasteiger partial charge in [0.05, 0.1) is 6.42 Å². The summed E-state index contributed by atoms with van der Waals surface area (Å²) in [6.45, 7) is 5.19. The second-order valence-corrected chi connectivity index (χ2v) is 5.22. The molecule has 3 amide bonds. The van der Waals surface area contributed by atoms with E-state index in [1.165, 1.54) is 0 Å². The molecule has 0 aromatic carbocycles. The summed E-state index contributed by atoms with van der Waals surface area (Å²) in [6.07, 6.45) is -0.931. The lowest BCUT2D eigenvalue weighted by atomic mass is 10.2. The van der Waals surface area contributed by atoms with Gasteiger partial charge in [0, 0.05) is 19.4 Å². The summed E-state index contributed by atoms with van der Waals surface area (Å²) in [4.78, 5) is 49.6. The highest BCUT2D eigenvalue weighted by molar-refractivity contribution is 6.01. The first-order chi connectivity index (χ1) is 9.19. The molecule has 8 heteroatoms. The quantitative estimate of drug-likeness (QED) is 0.596. The molecular weight excluding hydrogens is 268 g/mol. The summed E-state index contributed by atoms with van der Waals surface area (Å²) in [5.41, 5.74) is -0.591. The van der Waals surface area contributed by atoms with Gasteiger partial charge in [0.1, 0.15) is 5.60 Å². The lowest BCUT2D eigenvalue weighted by Gasteiger charge is -2.19. The van der Waals surface area contributed by atoms with Crippen molar-refractivity contribution in [3.8, 4) is 0 Å². The van der Waals surface area contributed by atoms with Crippen LogP contribution in [-0.2, 0) is 24.0 Å². The van der Waals surface area contributed by atoms with Crippen molar-refractivity contribution in [2.45, 2.75) is 45.6 Å². The van der Waals surface area contributed by atoms with E-state index in [4.69, 9.17) is 4.74 Å². The van der Waals surface area contributed by atoms with Crippen molar-refractivity contribution in [1.82, 2.24) is 10.4 Å². The zero-order valence-corrected chi connectivity index (χ0v) is 11.7. The third kappa shape index (κ3) is 5.25. The summed E-state index contributed by atoms with van der Waals surface area (Å²) in [5.74, 6) is -1.58. The first-order valence-corrected chi connectivity index (χ1v) is 6.22. The van der Waals surface area contributed by atoms with E-state index >= 15 is 0 Å². The summed E-state index contributed by atoms with van der Waals surface area (Å²) < 4.78 is 5.04. The van der Waals surface area contributed by atoms with E-state index in [9.17, 15) is 19.2 Å². The van der Waals surface area contributed by atoms with Crippen LogP contribution in [0.3, 0.4) is 0 Å². The Labute approximate surface area is 116 Å². The predicted molar refractivity (Wildman–Crippen MR) is 66.0 cm³/mol. The number of amides is 3. The van der Waals surface area contributed by atoms with Gasteiger partial charge in [-0.1, -0.05) is 0 Å². The molecule has 0 radical (unpaired) electrons. The molecule has 1 heterocycles. The Morgan fingerprint density at radius 2 is 1.75 bits per heavy atom. The molecule has 8 nitrogen and oxygen atoms in total. The summed E-state index contributed by atoms with van der Waals surface area (Å²) >= 11 is 0. The van der Waals surface area contributed by atoms with E-state index < -0.39 is 29.5 Å². The van der Waals surface area contributed by atoms with Crippen LogP contribution in [0.1, 0.15) is 40.0 Å². The molecule has 0 unspecified atom stereocenters. The minimum Gasteiger partial charge on any atom is -0.460 e. The fourth-order valence-electron chi connectivity index (χ4n) is 1.43. The number of imide groups is 1. The van der Waals surface area contributed by atoms with Gasteiger partial charge in [-0.3, -0.25) is 14.4 Å². The molecule has 0 aromatic rings. The van der Waals surface area contributed by atoms with E-state index in [2.05, 4.69) is 10.2 Å². The molecule has 0 aliphatic carbocycles. The van der Waals surface area contributed by atoms with Gasteiger partial charge < -0.3 is 14.9 Å². The number of esters is 1. The van der Waals surface area contributed by atoms with Gasteiger partial charge in [0.25, 0.3) is 11.8 Å². The van der Waals surface area contributed by atoms with Crippen LogP contribution in [0.15, 0.2) is 0 Å². The van der Waals surface area contributed by atoms with Crippen LogP contribution < -0.4 is 5.32 Å². The molecule has 0 spiro atoms. The number of hydroxylamine groups is 2. The smallest absolute Gasteiger partial charge is 0.432 e. The molecule has 0 bridgehead atoms. The number of hydrogen-bond donors (Lipinski definition) is 1. The van der Waals surface area contributed by atoms with Crippen molar-refractivity contribution in [3.05, 3.63) is 0 Å². The van der Waals surface area contributed by atoms with E-state index in [0.29, 0.717) is 5.06 Å². The highest BCUT2D eigenvalue weighted by Gasteiger charge is 2.32. The minimum absolute atomic E-state index is 0.00995. The molecule has 1 rings (SSSR count). The molecule has 1 aliphatic heterocycles. The van der Waals surface area contributed by atoms with Crippen LogP contribution in [0.2, 0.25) is 0 Å². The number of nitrogens with zero attached hydrogens (tertiary/aromatic N) is 1. The molecule has 112 valence electrons. The zero-order valence-electron chi connectivity index (χ0n) is 11.7. The Morgan fingerprint density at radius 3 is 2.25 bits per heavy atom. The Bertz CT molecular complexity index is 410. The Morgan fingerprint density at radius 1 is 1.20 bits per heavy atom. The topological polar surface area (TPSA) is 102 Å². The van der Waals surface area contributed by atoms with Crippen LogP contribution in [0.4, 0.5) is 4.79 Å². The van der Waals surface area contributed by atoms with Gasteiger partial charge in [-0.25, -0.2) is 4.79 Å². The van der Waals surface area contributed by atoms with E-state index in [-0.39, 0.29) is 25.8 Å². The average Bonchev–Trinajstić information content (AvgIpc) is 2.58. The third-order valence-corrected chi connectivity index (χ3v) is 2.20. The van der Waals surface area contributed by atoms with Crippen molar-refractivity contribution in [2.75, 3.05) is 6.54 Å². The molecule has 1 saturated heterocycles. The SMILES string of the molecule is CC(C)(C)OC(=O)CCNC(=O)ON1C(=O)CCC1=O. The van der Waals surface area contributed by atoms with Gasteiger partial charge in [0.15, 0.2) is 0 Å². The maximum Gasteiger partial charge on any atom is 0.432 e. The van der Waals surface area contributed by atoms with Gasteiger partial charge >= 0.3 is 12.1 Å². The number of hydrogen-bond acceptors (Lipinski definition) is 6. The normalized spacial score (nSPS) is 15.2. The molecule has 0 atom stereocenters. The van der Waals surface area contributed by atoms with E-state index in [1.54, 1.807) is 20.8 Å². The molecule has 0 saturated carbocycles. The maximum atomic E-state index is 11.4. The highest BCUT2D eigenvalue weighted by Crippen LogP contribution is 2.12. The number of ether oxygens (including phenoxy) is 1. The maximum absolute atomic E-state index is 11.4. The first kappa shape index (κ1) is 15.9. The monoisotopic (exact) mass is 286 g/mol. The fraction of sp³-hybridized carbons (Fsp3) is 0.667. The summed E-state index contributed by atoms with van der Waals surface area (Å²) in [7, 11) is 0. The van der Waals surface area contributed by atoms with Crippen molar-refractivity contribution >= 4 is 23.9 Å². The second kappa shape index (κ2) is 6.36. The summed E-state index contributed by atoms with van der Waals surface area (Å²) in [5, 5.41) is 2.69. The molecule has 20 heavy (non-hydrogen) atoms. The molecule has 1 fully saturated rings. The average molecular weight is 286 g/mol. The highest BCUT2D eigenvalue weighted by atomic mass is 16.7. The second-order valence-electron chi connectivity index (χ2n) is 5.22. The molecule has 1 N–H and O–H groups in total. The fourth-order valence-corrected chi connectivity index (χ4v) is 1.43. The Hall–Kier alpha value is -2.12. The van der Waals surface area contributed by atoms with Crippen LogP contribution in [0.5, 0.6) is 0 Å². The number of carbonyl (C=O) groups is 4. The van der Waals surface area contributed by atoms with Gasteiger partial charge in [0.2, 0.25) is 0 Å². The van der Waals surface area contributed by atoms with Crippen LogP contribution in [0.25, 0.3) is 0 Å². The summed E-state index contributed by atoms with van der Waals surface area (Å²) in [6, 6.07) is 0. The Kier molecular flexibility index (Phi) is 5.06. The molecular formula is C12H18N2O6. The minimum atomic E-state index is -0.961. The van der Waals surface area contributed by atoms with Crippen molar-refractivity contribution in [1.29, 1.82) is 0 Å². The molecule has 0 aromatic heterocycles. The third-order valence-electron chi connectivity index (χ3n) is 2.20. The lowest BCUT2D eigenvalue weighted by molar-refractivity contribution is -0.171. The van der Waals surface area contributed by atoms with Crippen molar-refractivity contribution in [2.24, 2.45) is 0 Å². The Balaban J connectivity index is 2.25. The van der Waals surface area contributed by atoms with Crippen LogP contribution in [-0.4, -0.2) is 41.1 Å². The number of rotatable bonds is 4. The van der Waals surface area contributed by atoms with E-state index in [1.807, 2.05) is 0 Å². The lowest BCUT2D eigenvalue weighted by Crippen LogP contribution is -2.38. The standard InChI is InChI=1S/C12H18N2O6/c1-12(2,3)19-10(17)6-7-13-11(18)20-14-8(15)4-5-9(14)16/h4-7H2,1-3H3,(H,13,18). The van der Waals surface area contributed by atoms with Crippen molar-refractivity contribution < 1.29 is 28.8 Å². The predicted octanol–water partition coefficient (Wildman–Crippen LogP) is 0.508. The largest absolute Gasteiger partial charge is 0.460 e. The van der Waals surface area contributed by atoms with Gasteiger partial charge in [-0.15, -0.1) is 5.06 Å². The van der Waals surface area contributed by atoms with Crippen LogP contribution in [0, 0.1) is 0 Å². The number of nitrogens with one attached hydrogen (secondary N) is 1. The zero-order chi connectivity index (χ0) is 15.3. The van der Waals surface area contributed by atoms with Crippen molar-refractivity contribution in [3.63, 3.8) is 0 Å². The van der Waals surface area contributed by atoms with E-state index in [0.717, 1.165) is 0 Å². The first-order valence-electron chi connectivity index (χ1n) is 6.22. The van der Waals surface area contributed by atoms with Gasteiger partial charge in [-0.05, 0) is 20.8 Å². The van der Waals surface area contributed by atoms with Gasteiger partial charge in [-0.2, -0.15) is 0 Å². The molecule has 1 aliphatic rings. The van der Waals surface area contributed by atoms with Crippen LogP contribution >= 0.6 is 0 Å².